The predicted octanol–water partition coefficient (Wildman–Crippen LogP) is 3.62. The smallest absolute Gasteiger partial charge is 0.263 e. The van der Waals surface area contributed by atoms with E-state index in [0.29, 0.717) is 25.7 Å². The van der Waals surface area contributed by atoms with Crippen LogP contribution in [0.15, 0.2) is 17.0 Å². The number of rotatable bonds is 4. The van der Waals surface area contributed by atoms with Crippen LogP contribution < -0.4 is 14.8 Å². The number of amides is 1. The van der Waals surface area contributed by atoms with E-state index in [4.69, 9.17) is 33.3 Å². The summed E-state index contributed by atoms with van der Waals surface area (Å²) in [6, 6.07) is 3.50. The Morgan fingerprint density at radius 2 is 2.14 bits per heavy atom. The molecule has 1 aliphatic rings. The number of hydrogen-bond donors (Lipinski definition) is 1. The van der Waals surface area contributed by atoms with E-state index in [-0.39, 0.29) is 12.0 Å². The number of thiocarbonyl (C=S) groups is 1. The highest BCUT2D eigenvalue weighted by Gasteiger charge is 2.22. The van der Waals surface area contributed by atoms with Crippen molar-refractivity contribution in [2.24, 2.45) is 0 Å². The molecule has 1 heterocycles. The lowest BCUT2D eigenvalue weighted by atomic mass is 10.1. The molecule has 1 aromatic carbocycles. The molecular weight excluding hydrogens is 330 g/mol. The van der Waals surface area contributed by atoms with Crippen LogP contribution in [-0.2, 0) is 4.79 Å². The van der Waals surface area contributed by atoms with Crippen LogP contribution in [0.3, 0.4) is 0 Å². The van der Waals surface area contributed by atoms with Gasteiger partial charge in [0.05, 0.1) is 23.1 Å². The van der Waals surface area contributed by atoms with Gasteiger partial charge in [0.2, 0.25) is 0 Å². The van der Waals surface area contributed by atoms with Gasteiger partial charge in [0.15, 0.2) is 11.5 Å². The van der Waals surface area contributed by atoms with Gasteiger partial charge in [-0.3, -0.25) is 4.79 Å². The topological polar surface area (TPSA) is 47.6 Å². The van der Waals surface area contributed by atoms with Crippen molar-refractivity contribution in [1.29, 1.82) is 0 Å². The first-order valence-electron chi connectivity index (χ1n) is 6.19. The molecule has 1 fully saturated rings. The van der Waals surface area contributed by atoms with E-state index in [1.54, 1.807) is 25.3 Å². The molecule has 1 N–H and O–H groups in total. The number of nitrogens with one attached hydrogen (secondary N) is 1. The third-order valence-electron chi connectivity index (χ3n) is 2.55. The monoisotopic (exact) mass is 343 g/mol. The molecule has 0 unspecified atom stereocenters. The standard InChI is InChI=1S/C14H14ClNO3S2/c1-7(2)19-12-9(15)4-8(5-10(12)18-3)6-11-13(17)16-14(20)21-11/h4-7H,1-3H3,(H,16,17,20)/b11-6+. The van der Waals surface area contributed by atoms with Crippen molar-refractivity contribution in [3.05, 3.63) is 27.6 Å². The molecule has 112 valence electrons. The van der Waals surface area contributed by atoms with Gasteiger partial charge in [0.25, 0.3) is 5.91 Å². The summed E-state index contributed by atoms with van der Waals surface area (Å²) in [6.07, 6.45) is 1.70. The molecule has 0 aliphatic carbocycles. The highest BCUT2D eigenvalue weighted by atomic mass is 35.5. The normalized spacial score (nSPS) is 16.5. The first kappa shape index (κ1) is 16.1. The fraction of sp³-hybridized carbons (Fsp3) is 0.286. The minimum Gasteiger partial charge on any atom is -0.493 e. The maximum Gasteiger partial charge on any atom is 0.263 e. The van der Waals surface area contributed by atoms with Crippen LogP contribution in [0.5, 0.6) is 11.5 Å². The number of thioether (sulfide) groups is 1. The molecule has 4 nitrogen and oxygen atoms in total. The van der Waals surface area contributed by atoms with E-state index in [2.05, 4.69) is 5.32 Å². The van der Waals surface area contributed by atoms with Gasteiger partial charge in [-0.2, -0.15) is 0 Å². The molecular formula is C14H14ClNO3S2. The maximum atomic E-state index is 11.7. The van der Waals surface area contributed by atoms with Crippen LogP contribution in [0.2, 0.25) is 5.02 Å². The van der Waals surface area contributed by atoms with Gasteiger partial charge in [0, 0.05) is 0 Å². The quantitative estimate of drug-likeness (QED) is 0.668. The minimum atomic E-state index is -0.206. The third kappa shape index (κ3) is 3.90. The second-order valence-corrected chi connectivity index (χ2v) is 6.68. The molecule has 0 bridgehead atoms. The van der Waals surface area contributed by atoms with Gasteiger partial charge >= 0.3 is 0 Å². The minimum absolute atomic E-state index is 0.0193. The Labute approximate surface area is 137 Å². The molecule has 0 spiro atoms. The summed E-state index contributed by atoms with van der Waals surface area (Å²) in [6.45, 7) is 3.82. The summed E-state index contributed by atoms with van der Waals surface area (Å²) in [5, 5.41) is 3.00. The first-order valence-corrected chi connectivity index (χ1v) is 7.80. The predicted molar refractivity (Wildman–Crippen MR) is 90.1 cm³/mol. The van der Waals surface area contributed by atoms with E-state index >= 15 is 0 Å². The zero-order valence-electron chi connectivity index (χ0n) is 11.7. The molecule has 1 aromatic rings. The molecule has 1 aliphatic heterocycles. The van der Waals surface area contributed by atoms with Crippen molar-refractivity contribution in [3.63, 3.8) is 0 Å². The Kier molecular flexibility index (Phi) is 5.13. The van der Waals surface area contributed by atoms with Crippen LogP contribution in [0, 0.1) is 0 Å². The zero-order chi connectivity index (χ0) is 15.6. The van der Waals surface area contributed by atoms with E-state index < -0.39 is 0 Å². The molecule has 1 amide bonds. The summed E-state index contributed by atoms with van der Waals surface area (Å²) in [5.74, 6) is 0.812. The molecule has 7 heteroatoms. The van der Waals surface area contributed by atoms with Crippen LogP contribution in [0.4, 0.5) is 0 Å². The Hall–Kier alpha value is -1.24. The van der Waals surface area contributed by atoms with Crippen LogP contribution >= 0.6 is 35.6 Å². The van der Waals surface area contributed by atoms with E-state index in [1.165, 1.54) is 11.8 Å². The highest BCUT2D eigenvalue weighted by Crippen LogP contribution is 2.38. The summed E-state index contributed by atoms with van der Waals surface area (Å²) in [5.41, 5.74) is 0.746. The van der Waals surface area contributed by atoms with Crippen molar-refractivity contribution in [2.45, 2.75) is 20.0 Å². The van der Waals surface area contributed by atoms with Gasteiger partial charge < -0.3 is 14.8 Å². The largest absolute Gasteiger partial charge is 0.493 e. The molecule has 21 heavy (non-hydrogen) atoms. The van der Waals surface area contributed by atoms with Crippen LogP contribution in [0.25, 0.3) is 6.08 Å². The molecule has 0 aromatic heterocycles. The lowest BCUT2D eigenvalue weighted by Crippen LogP contribution is -2.17. The Morgan fingerprint density at radius 1 is 1.43 bits per heavy atom. The van der Waals surface area contributed by atoms with Crippen LogP contribution in [0.1, 0.15) is 19.4 Å². The number of hydrogen-bond acceptors (Lipinski definition) is 5. The molecule has 2 rings (SSSR count). The highest BCUT2D eigenvalue weighted by molar-refractivity contribution is 8.26. The van der Waals surface area contributed by atoms with E-state index in [1.807, 2.05) is 13.8 Å². The fourth-order valence-corrected chi connectivity index (χ4v) is 3.05. The van der Waals surface area contributed by atoms with Crippen LogP contribution in [-0.4, -0.2) is 23.4 Å². The number of halogens is 1. The van der Waals surface area contributed by atoms with Crippen molar-refractivity contribution in [3.8, 4) is 11.5 Å². The van der Waals surface area contributed by atoms with Gasteiger partial charge in [-0.15, -0.1) is 0 Å². The maximum absolute atomic E-state index is 11.7. The lowest BCUT2D eigenvalue weighted by Gasteiger charge is -2.15. The van der Waals surface area contributed by atoms with Crippen molar-refractivity contribution < 1.29 is 14.3 Å². The Balaban J connectivity index is 2.38. The Morgan fingerprint density at radius 3 is 2.67 bits per heavy atom. The molecule has 0 saturated carbocycles. The van der Waals surface area contributed by atoms with Crippen molar-refractivity contribution >= 4 is 51.9 Å². The zero-order valence-corrected chi connectivity index (χ0v) is 14.1. The number of carbonyl (C=O) groups is 1. The summed E-state index contributed by atoms with van der Waals surface area (Å²) >= 11 is 12.4. The Bertz CT molecular complexity index is 629. The average molecular weight is 344 g/mol. The summed E-state index contributed by atoms with van der Waals surface area (Å²) in [7, 11) is 1.54. The number of carbonyl (C=O) groups excluding carboxylic acids is 1. The van der Waals surface area contributed by atoms with E-state index in [9.17, 15) is 4.79 Å². The van der Waals surface area contributed by atoms with E-state index in [0.717, 1.165) is 5.56 Å². The van der Waals surface area contributed by atoms with Gasteiger partial charge in [-0.05, 0) is 37.6 Å². The second kappa shape index (κ2) is 6.68. The molecule has 0 radical (unpaired) electrons. The molecule has 1 saturated heterocycles. The number of ether oxygens (including phenoxy) is 2. The first-order chi connectivity index (χ1) is 9.90. The van der Waals surface area contributed by atoms with Crippen molar-refractivity contribution in [2.75, 3.05) is 7.11 Å². The molecule has 0 atom stereocenters. The van der Waals surface area contributed by atoms with Gasteiger partial charge in [0.1, 0.15) is 4.32 Å². The van der Waals surface area contributed by atoms with Gasteiger partial charge in [-0.1, -0.05) is 35.6 Å². The summed E-state index contributed by atoms with van der Waals surface area (Å²) in [4.78, 5) is 12.2. The number of benzene rings is 1. The van der Waals surface area contributed by atoms with Crippen molar-refractivity contribution in [1.82, 2.24) is 5.32 Å². The fourth-order valence-electron chi connectivity index (χ4n) is 1.75. The average Bonchev–Trinajstić information content (AvgIpc) is 2.70. The SMILES string of the molecule is COc1cc(/C=C2/SC(=S)NC2=O)cc(Cl)c1OC(C)C. The number of methoxy groups -OCH3 is 1. The second-order valence-electron chi connectivity index (χ2n) is 4.55. The summed E-state index contributed by atoms with van der Waals surface area (Å²) < 4.78 is 11.4. The lowest BCUT2D eigenvalue weighted by molar-refractivity contribution is -0.115. The van der Waals surface area contributed by atoms with Gasteiger partial charge in [-0.25, -0.2) is 0 Å². The third-order valence-corrected chi connectivity index (χ3v) is 3.99.